The molecule has 0 amide bonds. The van der Waals surface area contributed by atoms with Gasteiger partial charge in [0.05, 0.1) is 0 Å². The van der Waals surface area contributed by atoms with Crippen LogP contribution in [0.15, 0.2) is 41.6 Å². The summed E-state index contributed by atoms with van der Waals surface area (Å²) in [5.41, 5.74) is 1.05. The first-order valence-corrected chi connectivity index (χ1v) is 10.3. The van der Waals surface area contributed by atoms with Gasteiger partial charge in [0.2, 0.25) is 10.0 Å². The molecule has 26 heavy (non-hydrogen) atoms. The molecule has 1 fully saturated rings. The minimum atomic E-state index is -3.46. The van der Waals surface area contributed by atoms with E-state index in [2.05, 4.69) is 44.0 Å². The van der Waals surface area contributed by atoms with Crippen molar-refractivity contribution in [3.63, 3.8) is 0 Å². The Balaban J connectivity index is 1.56. The summed E-state index contributed by atoms with van der Waals surface area (Å²) in [5, 5.41) is 3.18. The lowest BCUT2D eigenvalue weighted by molar-refractivity contribution is 0.436. The van der Waals surface area contributed by atoms with Gasteiger partial charge in [0.25, 0.3) is 0 Å². The fraction of sp³-hybridized carbons (Fsp3) is 0.444. The molecule has 2 aromatic heterocycles. The summed E-state index contributed by atoms with van der Waals surface area (Å²) in [6.07, 6.45) is 5.65. The lowest BCUT2D eigenvalue weighted by Gasteiger charge is -2.31. The molecule has 2 aromatic rings. The molecule has 0 saturated carbocycles. The number of nitrogens with zero attached hydrogens (tertiary/aromatic N) is 3. The summed E-state index contributed by atoms with van der Waals surface area (Å²) in [6.45, 7) is 5.01. The number of nitrogens with one attached hydrogen (secondary N) is 2. The second-order valence-corrected chi connectivity index (χ2v) is 8.52. The molecule has 0 spiro atoms. The van der Waals surface area contributed by atoms with Crippen molar-refractivity contribution < 1.29 is 8.42 Å². The van der Waals surface area contributed by atoms with Crippen molar-refractivity contribution in [2.75, 3.05) is 30.4 Å². The van der Waals surface area contributed by atoms with Crippen molar-refractivity contribution in [3.8, 4) is 0 Å². The molecule has 3 rings (SSSR count). The van der Waals surface area contributed by atoms with E-state index in [1.165, 1.54) is 32.2 Å². The Bertz CT molecular complexity index is 814. The average molecular weight is 375 g/mol. The van der Waals surface area contributed by atoms with E-state index >= 15 is 0 Å². The second kappa shape index (κ2) is 8.01. The van der Waals surface area contributed by atoms with Crippen LogP contribution < -0.4 is 14.9 Å². The highest BCUT2D eigenvalue weighted by molar-refractivity contribution is 7.89. The van der Waals surface area contributed by atoms with E-state index in [-0.39, 0.29) is 4.90 Å². The monoisotopic (exact) mass is 375 g/mol. The van der Waals surface area contributed by atoms with Gasteiger partial charge < -0.3 is 10.2 Å². The predicted octanol–water partition coefficient (Wildman–Crippen LogP) is 2.23. The number of anilines is 2. The quantitative estimate of drug-likeness (QED) is 0.805. The summed E-state index contributed by atoms with van der Waals surface area (Å²) >= 11 is 0. The number of piperidine rings is 1. The van der Waals surface area contributed by atoms with Gasteiger partial charge in [-0.15, -0.1) is 0 Å². The third kappa shape index (κ3) is 4.50. The van der Waals surface area contributed by atoms with Crippen molar-refractivity contribution in [1.82, 2.24) is 14.7 Å². The van der Waals surface area contributed by atoms with E-state index < -0.39 is 10.0 Å². The normalized spacial score (nSPS) is 15.8. The van der Waals surface area contributed by atoms with Gasteiger partial charge in [-0.2, -0.15) is 0 Å². The molecule has 1 saturated heterocycles. The van der Waals surface area contributed by atoms with Gasteiger partial charge in [-0.25, -0.2) is 23.1 Å². The summed E-state index contributed by atoms with van der Waals surface area (Å²) in [7, 11) is -2.08. The molecular weight excluding hydrogens is 350 g/mol. The van der Waals surface area contributed by atoms with Crippen LogP contribution in [0.4, 0.5) is 11.6 Å². The van der Waals surface area contributed by atoms with Crippen molar-refractivity contribution in [2.24, 2.45) is 5.92 Å². The van der Waals surface area contributed by atoms with Crippen molar-refractivity contribution in [2.45, 2.75) is 31.2 Å². The number of aromatic nitrogens is 2. The molecule has 0 aromatic carbocycles. The molecule has 0 bridgehead atoms. The van der Waals surface area contributed by atoms with Gasteiger partial charge in [0, 0.05) is 32.0 Å². The zero-order valence-electron chi connectivity index (χ0n) is 15.1. The lowest BCUT2D eigenvalue weighted by atomic mass is 9.99. The highest BCUT2D eigenvalue weighted by atomic mass is 32.2. The van der Waals surface area contributed by atoms with Gasteiger partial charge in [-0.05, 0) is 49.6 Å². The van der Waals surface area contributed by atoms with Gasteiger partial charge in [-0.1, -0.05) is 13.0 Å². The molecule has 1 aliphatic heterocycles. The molecule has 140 valence electrons. The third-order valence-corrected chi connectivity index (χ3v) is 6.11. The standard InChI is InChI=1S/C18H25N5O2S/c1-14-7-9-23(10-8-14)18-6-3-15(12-22-18)11-20-17-5-4-16(13-21-17)26(24,25)19-2/h3-6,12-14,19H,7-11H2,1-2H3,(H,20,21). The molecule has 0 aliphatic carbocycles. The maximum Gasteiger partial charge on any atom is 0.241 e. The first-order chi connectivity index (χ1) is 12.5. The Morgan fingerprint density at radius 1 is 1.12 bits per heavy atom. The van der Waals surface area contributed by atoms with Crippen molar-refractivity contribution >= 4 is 21.7 Å². The Labute approximate surface area is 154 Å². The van der Waals surface area contributed by atoms with Crippen LogP contribution in [0.2, 0.25) is 0 Å². The molecule has 0 atom stereocenters. The topological polar surface area (TPSA) is 87.2 Å². The highest BCUT2D eigenvalue weighted by Crippen LogP contribution is 2.21. The minimum absolute atomic E-state index is 0.146. The minimum Gasteiger partial charge on any atom is -0.366 e. The summed E-state index contributed by atoms with van der Waals surface area (Å²) < 4.78 is 25.6. The molecule has 3 heterocycles. The lowest BCUT2D eigenvalue weighted by Crippen LogP contribution is -2.33. The molecule has 7 nitrogen and oxygen atoms in total. The van der Waals surface area contributed by atoms with Gasteiger partial charge in [-0.3, -0.25) is 0 Å². The largest absolute Gasteiger partial charge is 0.366 e. The van der Waals surface area contributed by atoms with Crippen LogP contribution in [0.1, 0.15) is 25.3 Å². The van der Waals surface area contributed by atoms with Gasteiger partial charge >= 0.3 is 0 Å². The summed E-state index contributed by atoms with van der Waals surface area (Å²) in [4.78, 5) is 11.2. The van der Waals surface area contributed by atoms with Crippen LogP contribution in [-0.2, 0) is 16.6 Å². The van der Waals surface area contributed by atoms with Crippen LogP contribution in [0.25, 0.3) is 0 Å². The molecule has 0 radical (unpaired) electrons. The van der Waals surface area contributed by atoms with E-state index in [4.69, 9.17) is 0 Å². The zero-order chi connectivity index (χ0) is 18.6. The van der Waals surface area contributed by atoms with Gasteiger partial charge in [0.1, 0.15) is 16.5 Å². The number of pyridine rings is 2. The number of hydrogen-bond donors (Lipinski definition) is 2. The number of rotatable bonds is 6. The fourth-order valence-corrected chi connectivity index (χ4v) is 3.57. The van der Waals surface area contributed by atoms with Crippen molar-refractivity contribution in [3.05, 3.63) is 42.2 Å². The van der Waals surface area contributed by atoms with Gasteiger partial charge in [0.15, 0.2) is 0 Å². The molecule has 1 aliphatic rings. The van der Waals surface area contributed by atoms with E-state index in [1.807, 2.05) is 6.20 Å². The van der Waals surface area contributed by atoms with Crippen LogP contribution in [0.5, 0.6) is 0 Å². The Morgan fingerprint density at radius 2 is 1.88 bits per heavy atom. The Hall–Kier alpha value is -2.19. The van der Waals surface area contributed by atoms with Crippen LogP contribution in [0, 0.1) is 5.92 Å². The van der Waals surface area contributed by atoms with E-state index in [0.29, 0.717) is 12.4 Å². The van der Waals surface area contributed by atoms with E-state index in [0.717, 1.165) is 30.4 Å². The predicted molar refractivity (Wildman–Crippen MR) is 103 cm³/mol. The molecule has 2 N–H and O–H groups in total. The zero-order valence-corrected chi connectivity index (χ0v) is 16.0. The van der Waals surface area contributed by atoms with Crippen LogP contribution >= 0.6 is 0 Å². The average Bonchev–Trinajstić information content (AvgIpc) is 2.68. The SMILES string of the molecule is CNS(=O)(=O)c1ccc(NCc2ccc(N3CCC(C)CC3)nc2)nc1. The maximum absolute atomic E-state index is 11.7. The fourth-order valence-electron chi connectivity index (χ4n) is 2.90. The Morgan fingerprint density at radius 3 is 2.46 bits per heavy atom. The van der Waals surface area contributed by atoms with Crippen molar-refractivity contribution in [1.29, 1.82) is 0 Å². The van der Waals surface area contributed by atoms with Crippen LogP contribution in [-0.4, -0.2) is 38.5 Å². The molecule has 8 heteroatoms. The van der Waals surface area contributed by atoms with E-state index in [1.54, 1.807) is 6.07 Å². The number of hydrogen-bond acceptors (Lipinski definition) is 6. The maximum atomic E-state index is 11.7. The molecular formula is C18H25N5O2S. The smallest absolute Gasteiger partial charge is 0.241 e. The number of sulfonamides is 1. The van der Waals surface area contributed by atoms with Crippen LogP contribution in [0.3, 0.4) is 0 Å². The Kier molecular flexibility index (Phi) is 5.73. The van der Waals surface area contributed by atoms with E-state index in [9.17, 15) is 8.42 Å². The third-order valence-electron chi connectivity index (χ3n) is 4.71. The molecule has 0 unspecified atom stereocenters. The summed E-state index contributed by atoms with van der Waals surface area (Å²) in [6, 6.07) is 7.30. The summed E-state index contributed by atoms with van der Waals surface area (Å²) in [5.74, 6) is 2.45. The first kappa shape index (κ1) is 18.6. The first-order valence-electron chi connectivity index (χ1n) is 8.81. The second-order valence-electron chi connectivity index (χ2n) is 6.63. The highest BCUT2D eigenvalue weighted by Gasteiger charge is 2.16.